The number of benzene rings is 1. The lowest BCUT2D eigenvalue weighted by Gasteiger charge is -2.28. The molecule has 120 valence electrons. The van der Waals surface area contributed by atoms with Crippen LogP contribution in [0.4, 0.5) is 4.79 Å². The Kier molecular flexibility index (Phi) is 4.29. The van der Waals surface area contributed by atoms with Crippen molar-refractivity contribution in [2.45, 2.75) is 44.4 Å². The molecule has 1 heterocycles. The van der Waals surface area contributed by atoms with E-state index in [4.69, 9.17) is 15.5 Å². The van der Waals surface area contributed by atoms with Gasteiger partial charge in [0.15, 0.2) is 0 Å². The normalized spacial score (nSPS) is 24.0. The molecule has 1 aromatic rings. The molecule has 0 spiro atoms. The van der Waals surface area contributed by atoms with E-state index in [0.717, 1.165) is 32.1 Å². The van der Waals surface area contributed by atoms with Crippen molar-refractivity contribution in [1.82, 2.24) is 9.37 Å². The van der Waals surface area contributed by atoms with Crippen LogP contribution in [0.3, 0.4) is 0 Å². The van der Waals surface area contributed by atoms with Crippen LogP contribution >= 0.6 is 10.7 Å². The maximum atomic E-state index is 12.5. The van der Waals surface area contributed by atoms with Gasteiger partial charge in [0.1, 0.15) is 0 Å². The molecule has 1 saturated heterocycles. The number of urea groups is 1. The maximum absolute atomic E-state index is 12.5. The lowest BCUT2D eigenvalue weighted by molar-refractivity contribution is -0.162. The average molecular weight is 345 g/mol. The zero-order valence-electron chi connectivity index (χ0n) is 11.9. The number of carbonyl (C=O) groups is 1. The van der Waals surface area contributed by atoms with Gasteiger partial charge in [0.25, 0.3) is 0 Å². The Morgan fingerprint density at radius 1 is 1.09 bits per heavy atom. The fraction of sp³-hybridized carbons (Fsp3) is 0.500. The van der Waals surface area contributed by atoms with Crippen molar-refractivity contribution in [3.8, 4) is 0 Å². The van der Waals surface area contributed by atoms with Gasteiger partial charge in [-0.2, -0.15) is 17.8 Å². The molecule has 3 rings (SSSR count). The Morgan fingerprint density at radius 2 is 1.73 bits per heavy atom. The van der Waals surface area contributed by atoms with E-state index in [1.165, 1.54) is 5.06 Å². The number of hydrogen-bond donors (Lipinski definition) is 0. The largest absolute Gasteiger partial charge is 0.361 e. The second kappa shape index (κ2) is 6.06. The Bertz CT molecular complexity index is 646. The second-order valence-electron chi connectivity index (χ2n) is 5.51. The van der Waals surface area contributed by atoms with Crippen LogP contribution in [0, 0.1) is 0 Å². The minimum atomic E-state index is -4.23. The first-order valence-corrected chi connectivity index (χ1v) is 9.54. The van der Waals surface area contributed by atoms with Gasteiger partial charge < -0.3 is 0 Å². The Morgan fingerprint density at radius 3 is 2.32 bits per heavy atom. The molecule has 1 aromatic carbocycles. The van der Waals surface area contributed by atoms with E-state index in [-0.39, 0.29) is 6.04 Å². The highest BCUT2D eigenvalue weighted by Crippen LogP contribution is 2.38. The number of nitrogens with zero attached hydrogens (tertiary/aromatic N) is 2. The van der Waals surface area contributed by atoms with Gasteiger partial charge in [0, 0.05) is 16.2 Å². The van der Waals surface area contributed by atoms with E-state index in [0.29, 0.717) is 9.87 Å². The molecule has 1 aliphatic heterocycles. The molecule has 1 saturated carbocycles. The molecular formula is C14H17ClN2O4S. The number of halogens is 1. The van der Waals surface area contributed by atoms with Gasteiger partial charge in [-0.15, -0.1) is 0 Å². The van der Waals surface area contributed by atoms with Crippen molar-refractivity contribution in [2.24, 2.45) is 0 Å². The summed E-state index contributed by atoms with van der Waals surface area (Å²) in [6.45, 7) is 0. The number of rotatable bonds is 3. The molecule has 6 nitrogen and oxygen atoms in total. The van der Waals surface area contributed by atoms with Gasteiger partial charge in [0.2, 0.25) is 6.23 Å². The molecule has 2 amide bonds. The van der Waals surface area contributed by atoms with Crippen molar-refractivity contribution in [2.75, 3.05) is 0 Å². The first-order valence-electron chi connectivity index (χ1n) is 7.27. The molecule has 1 aliphatic carbocycles. The standard InChI is InChI=1S/C14H17ClN2O4S/c15-22(19,20)17-13(11-7-3-1-4-8-11)21-16(14(17)18)12-9-5-2-6-10-12/h1,3-4,7-8,12-13H,2,5-6,9-10H2. The molecule has 0 bridgehead atoms. The first kappa shape index (κ1) is 15.6. The summed E-state index contributed by atoms with van der Waals surface area (Å²) in [7, 11) is 1.22. The molecule has 1 atom stereocenters. The predicted molar refractivity (Wildman–Crippen MR) is 81.0 cm³/mol. The Balaban J connectivity index is 1.93. The van der Waals surface area contributed by atoms with E-state index in [2.05, 4.69) is 0 Å². The number of hydroxylamine groups is 2. The van der Waals surface area contributed by atoms with E-state index in [1.807, 2.05) is 0 Å². The minimum Gasteiger partial charge on any atom is -0.245 e. The van der Waals surface area contributed by atoms with E-state index in [1.54, 1.807) is 30.3 Å². The quantitative estimate of drug-likeness (QED) is 0.790. The monoisotopic (exact) mass is 344 g/mol. The van der Waals surface area contributed by atoms with Crippen molar-refractivity contribution < 1.29 is 18.0 Å². The summed E-state index contributed by atoms with van der Waals surface area (Å²) in [4.78, 5) is 18.2. The molecule has 2 fully saturated rings. The van der Waals surface area contributed by atoms with E-state index in [9.17, 15) is 13.2 Å². The van der Waals surface area contributed by atoms with Gasteiger partial charge in [-0.1, -0.05) is 49.6 Å². The zero-order valence-corrected chi connectivity index (χ0v) is 13.5. The third-order valence-electron chi connectivity index (χ3n) is 4.03. The molecule has 0 aromatic heterocycles. The topological polar surface area (TPSA) is 66.9 Å². The zero-order chi connectivity index (χ0) is 15.7. The predicted octanol–water partition coefficient (Wildman–Crippen LogP) is 3.17. The van der Waals surface area contributed by atoms with Gasteiger partial charge in [-0.3, -0.25) is 0 Å². The highest BCUT2D eigenvalue weighted by molar-refractivity contribution is 8.12. The third kappa shape index (κ3) is 2.93. The van der Waals surface area contributed by atoms with Crippen molar-refractivity contribution in [3.05, 3.63) is 35.9 Å². The molecule has 2 aliphatic rings. The maximum Gasteiger partial charge on any atom is 0.361 e. The summed E-state index contributed by atoms with van der Waals surface area (Å²) in [6, 6.07) is 7.91. The fourth-order valence-corrected chi connectivity index (χ4v) is 4.02. The van der Waals surface area contributed by atoms with Crippen LogP contribution in [-0.4, -0.2) is 29.9 Å². The number of carbonyl (C=O) groups excluding carboxylic acids is 1. The van der Waals surface area contributed by atoms with Crippen molar-refractivity contribution >= 4 is 26.0 Å². The number of hydrogen-bond acceptors (Lipinski definition) is 4. The van der Waals surface area contributed by atoms with Crippen LogP contribution in [0.15, 0.2) is 30.3 Å². The van der Waals surface area contributed by atoms with Crippen LogP contribution < -0.4 is 0 Å². The lowest BCUT2D eigenvalue weighted by Crippen LogP contribution is -2.40. The summed E-state index contributed by atoms with van der Waals surface area (Å²) < 4.78 is 24.2. The first-order chi connectivity index (χ1) is 10.5. The molecule has 1 unspecified atom stereocenters. The minimum absolute atomic E-state index is 0.101. The van der Waals surface area contributed by atoms with Crippen molar-refractivity contribution in [3.63, 3.8) is 0 Å². The molecule has 22 heavy (non-hydrogen) atoms. The Hall–Kier alpha value is -1.31. The van der Waals surface area contributed by atoms with Gasteiger partial charge >= 0.3 is 15.3 Å². The summed E-state index contributed by atoms with van der Waals surface area (Å²) in [5, 5.41) is 1.19. The van der Waals surface area contributed by atoms with Gasteiger partial charge in [-0.25, -0.2) is 9.63 Å². The van der Waals surface area contributed by atoms with Gasteiger partial charge in [-0.05, 0) is 12.8 Å². The van der Waals surface area contributed by atoms with E-state index >= 15 is 0 Å². The number of amides is 2. The smallest absolute Gasteiger partial charge is 0.245 e. The fourth-order valence-electron chi connectivity index (χ4n) is 2.97. The lowest BCUT2D eigenvalue weighted by atomic mass is 9.95. The van der Waals surface area contributed by atoms with Crippen LogP contribution in [0.1, 0.15) is 43.9 Å². The SMILES string of the molecule is O=C1N(C2CCCCC2)OC(c2ccccc2)N1S(=O)(=O)Cl. The van der Waals surface area contributed by atoms with E-state index < -0.39 is 21.5 Å². The molecule has 0 N–H and O–H groups in total. The molecule has 8 heteroatoms. The molecule has 0 radical (unpaired) electrons. The summed E-state index contributed by atoms with van der Waals surface area (Å²) in [5.74, 6) is 0. The van der Waals surface area contributed by atoms with Crippen LogP contribution in [0.5, 0.6) is 0 Å². The van der Waals surface area contributed by atoms with Crippen LogP contribution in [-0.2, 0) is 14.1 Å². The summed E-state index contributed by atoms with van der Waals surface area (Å²) in [6.07, 6.45) is 3.70. The molecular weight excluding hydrogens is 328 g/mol. The summed E-state index contributed by atoms with van der Waals surface area (Å²) >= 11 is 0. The average Bonchev–Trinajstić information content (AvgIpc) is 2.87. The van der Waals surface area contributed by atoms with Crippen LogP contribution in [0.2, 0.25) is 0 Å². The van der Waals surface area contributed by atoms with Gasteiger partial charge in [0.05, 0.1) is 6.04 Å². The van der Waals surface area contributed by atoms with Crippen LogP contribution in [0.25, 0.3) is 0 Å². The highest BCUT2D eigenvalue weighted by atomic mass is 35.7. The summed E-state index contributed by atoms with van der Waals surface area (Å²) in [5.41, 5.74) is 0.568. The third-order valence-corrected chi connectivity index (χ3v) is 5.29. The highest BCUT2D eigenvalue weighted by Gasteiger charge is 2.48. The van der Waals surface area contributed by atoms with Crippen molar-refractivity contribution in [1.29, 1.82) is 0 Å². The Labute approximate surface area is 134 Å². The second-order valence-corrected chi connectivity index (χ2v) is 7.89.